The lowest BCUT2D eigenvalue weighted by Crippen LogP contribution is -2.23. The SMILES string of the molecule is C/C(=C\c1ccccc1)[C@@H](C)OC(=O)C(c1ccccc1)c1ccccc1. The van der Waals surface area contributed by atoms with Crippen LogP contribution in [-0.2, 0) is 9.53 Å². The summed E-state index contributed by atoms with van der Waals surface area (Å²) in [5.74, 6) is -0.667. The quantitative estimate of drug-likeness (QED) is 0.518. The first-order valence-electron chi connectivity index (χ1n) is 9.19. The highest BCUT2D eigenvalue weighted by molar-refractivity contribution is 5.82. The number of hydrogen-bond donors (Lipinski definition) is 0. The first kappa shape index (κ1) is 18.7. The van der Waals surface area contributed by atoms with Crippen LogP contribution in [0.4, 0.5) is 0 Å². The third-order valence-corrected chi connectivity index (χ3v) is 4.63. The number of carbonyl (C=O) groups excluding carboxylic acids is 1. The maximum absolute atomic E-state index is 13.1. The summed E-state index contributed by atoms with van der Waals surface area (Å²) in [5.41, 5.74) is 3.98. The lowest BCUT2D eigenvalue weighted by Gasteiger charge is -2.21. The van der Waals surface area contributed by atoms with Crippen LogP contribution in [-0.4, -0.2) is 12.1 Å². The fourth-order valence-corrected chi connectivity index (χ4v) is 3.02. The summed E-state index contributed by atoms with van der Waals surface area (Å²) in [4.78, 5) is 13.1. The van der Waals surface area contributed by atoms with Crippen LogP contribution in [0.15, 0.2) is 96.6 Å². The van der Waals surface area contributed by atoms with Crippen molar-refractivity contribution in [3.8, 4) is 0 Å². The Morgan fingerprint density at radius 2 is 1.22 bits per heavy atom. The molecule has 27 heavy (non-hydrogen) atoms. The Labute approximate surface area is 161 Å². The molecule has 1 atom stereocenters. The molecule has 2 nitrogen and oxygen atoms in total. The second kappa shape index (κ2) is 9.00. The molecule has 0 unspecified atom stereocenters. The van der Waals surface area contributed by atoms with E-state index in [9.17, 15) is 4.79 Å². The van der Waals surface area contributed by atoms with Gasteiger partial charge in [0.05, 0.1) is 0 Å². The van der Waals surface area contributed by atoms with Crippen molar-refractivity contribution in [2.75, 3.05) is 0 Å². The molecule has 0 aromatic heterocycles. The summed E-state index contributed by atoms with van der Waals surface area (Å²) in [7, 11) is 0. The summed E-state index contributed by atoms with van der Waals surface area (Å²) >= 11 is 0. The van der Waals surface area contributed by atoms with E-state index < -0.39 is 5.92 Å². The molecule has 0 saturated heterocycles. The monoisotopic (exact) mass is 356 g/mol. The van der Waals surface area contributed by atoms with Gasteiger partial charge >= 0.3 is 5.97 Å². The van der Waals surface area contributed by atoms with E-state index in [1.54, 1.807) is 0 Å². The van der Waals surface area contributed by atoms with Crippen LogP contribution < -0.4 is 0 Å². The number of carbonyl (C=O) groups is 1. The van der Waals surface area contributed by atoms with E-state index in [4.69, 9.17) is 4.74 Å². The van der Waals surface area contributed by atoms with E-state index in [1.165, 1.54) is 0 Å². The standard InChI is InChI=1S/C25H24O2/c1-19(18-21-12-6-3-7-13-21)20(2)27-25(26)24(22-14-8-4-9-15-22)23-16-10-5-11-17-23/h3-18,20,24H,1-2H3/b19-18+/t20-/m1/s1. The normalized spacial score (nSPS) is 12.6. The Bertz CT molecular complexity index is 844. The summed E-state index contributed by atoms with van der Waals surface area (Å²) in [6.45, 7) is 3.91. The van der Waals surface area contributed by atoms with Gasteiger partial charge in [-0.25, -0.2) is 0 Å². The van der Waals surface area contributed by atoms with E-state index in [0.717, 1.165) is 22.3 Å². The number of esters is 1. The molecule has 0 N–H and O–H groups in total. The van der Waals surface area contributed by atoms with Crippen molar-refractivity contribution in [3.05, 3.63) is 113 Å². The van der Waals surface area contributed by atoms with Crippen LogP contribution in [0.3, 0.4) is 0 Å². The Kier molecular flexibility index (Phi) is 6.22. The molecule has 0 saturated carbocycles. The molecule has 3 aromatic carbocycles. The van der Waals surface area contributed by atoms with Gasteiger partial charge in [0, 0.05) is 0 Å². The second-order valence-corrected chi connectivity index (χ2v) is 6.63. The molecular formula is C25H24O2. The molecule has 0 aliphatic carbocycles. The molecule has 0 spiro atoms. The summed E-state index contributed by atoms with van der Waals surface area (Å²) in [6, 6.07) is 29.6. The molecule has 0 radical (unpaired) electrons. The maximum Gasteiger partial charge on any atom is 0.318 e. The molecule has 3 aromatic rings. The van der Waals surface area contributed by atoms with Gasteiger partial charge in [0.2, 0.25) is 0 Å². The van der Waals surface area contributed by atoms with Crippen molar-refractivity contribution in [2.24, 2.45) is 0 Å². The zero-order valence-corrected chi connectivity index (χ0v) is 15.7. The smallest absolute Gasteiger partial charge is 0.318 e. The van der Waals surface area contributed by atoms with Crippen molar-refractivity contribution < 1.29 is 9.53 Å². The highest BCUT2D eigenvalue weighted by Crippen LogP contribution is 2.27. The average Bonchev–Trinajstić information content (AvgIpc) is 2.70. The van der Waals surface area contributed by atoms with Crippen LogP contribution in [0, 0.1) is 0 Å². The molecule has 3 rings (SSSR count). The van der Waals surface area contributed by atoms with E-state index >= 15 is 0 Å². The van der Waals surface area contributed by atoms with Crippen molar-refractivity contribution in [1.82, 2.24) is 0 Å². The Balaban J connectivity index is 1.81. The summed E-state index contributed by atoms with van der Waals surface area (Å²) in [6.07, 6.45) is 1.76. The van der Waals surface area contributed by atoms with Crippen LogP contribution >= 0.6 is 0 Å². The highest BCUT2D eigenvalue weighted by Gasteiger charge is 2.26. The third-order valence-electron chi connectivity index (χ3n) is 4.63. The van der Waals surface area contributed by atoms with Gasteiger partial charge in [-0.2, -0.15) is 0 Å². The van der Waals surface area contributed by atoms with Gasteiger partial charge in [0.25, 0.3) is 0 Å². The van der Waals surface area contributed by atoms with Gasteiger partial charge in [-0.3, -0.25) is 4.79 Å². The summed E-state index contributed by atoms with van der Waals surface area (Å²) in [5, 5.41) is 0. The van der Waals surface area contributed by atoms with Crippen LogP contribution in [0.5, 0.6) is 0 Å². The van der Waals surface area contributed by atoms with Gasteiger partial charge < -0.3 is 4.74 Å². The fourth-order valence-electron chi connectivity index (χ4n) is 3.02. The average molecular weight is 356 g/mol. The minimum atomic E-state index is -0.431. The maximum atomic E-state index is 13.1. The number of hydrogen-bond acceptors (Lipinski definition) is 2. The molecule has 0 amide bonds. The Morgan fingerprint density at radius 3 is 1.70 bits per heavy atom. The van der Waals surface area contributed by atoms with Gasteiger partial charge in [0.1, 0.15) is 12.0 Å². The number of rotatable bonds is 6. The first-order valence-corrected chi connectivity index (χ1v) is 9.19. The Hall–Kier alpha value is -3.13. The van der Waals surface area contributed by atoms with E-state index in [0.29, 0.717) is 0 Å². The molecule has 0 bridgehead atoms. The topological polar surface area (TPSA) is 26.3 Å². The lowest BCUT2D eigenvalue weighted by atomic mass is 9.91. The second-order valence-electron chi connectivity index (χ2n) is 6.63. The molecule has 0 aliphatic rings. The fraction of sp³-hybridized carbons (Fsp3) is 0.160. The van der Waals surface area contributed by atoms with Crippen molar-refractivity contribution in [1.29, 1.82) is 0 Å². The van der Waals surface area contributed by atoms with Gasteiger partial charge in [-0.15, -0.1) is 0 Å². The highest BCUT2D eigenvalue weighted by atomic mass is 16.5. The van der Waals surface area contributed by atoms with Crippen molar-refractivity contribution in [2.45, 2.75) is 25.9 Å². The summed E-state index contributed by atoms with van der Waals surface area (Å²) < 4.78 is 5.85. The first-order chi connectivity index (χ1) is 13.1. The molecule has 0 aliphatic heterocycles. The molecule has 2 heteroatoms. The zero-order valence-electron chi connectivity index (χ0n) is 15.7. The van der Waals surface area contributed by atoms with E-state index in [2.05, 4.69) is 6.08 Å². The van der Waals surface area contributed by atoms with Crippen molar-refractivity contribution >= 4 is 12.0 Å². The van der Waals surface area contributed by atoms with E-state index in [-0.39, 0.29) is 12.1 Å². The van der Waals surface area contributed by atoms with Crippen LogP contribution in [0.25, 0.3) is 6.08 Å². The van der Waals surface area contributed by atoms with Gasteiger partial charge in [-0.05, 0) is 36.1 Å². The molecule has 0 fully saturated rings. The minimum absolute atomic E-state index is 0.235. The zero-order chi connectivity index (χ0) is 19.1. The van der Waals surface area contributed by atoms with Gasteiger partial charge in [-0.1, -0.05) is 97.1 Å². The van der Waals surface area contributed by atoms with Crippen molar-refractivity contribution in [3.63, 3.8) is 0 Å². The van der Waals surface area contributed by atoms with Crippen LogP contribution in [0.1, 0.15) is 36.5 Å². The number of benzene rings is 3. The largest absolute Gasteiger partial charge is 0.457 e. The molecular weight excluding hydrogens is 332 g/mol. The minimum Gasteiger partial charge on any atom is -0.457 e. The predicted molar refractivity (Wildman–Crippen MR) is 110 cm³/mol. The predicted octanol–water partition coefficient (Wildman–Crippen LogP) is 5.85. The van der Waals surface area contributed by atoms with Gasteiger partial charge in [0.15, 0.2) is 0 Å². The molecule has 0 heterocycles. The Morgan fingerprint density at radius 1 is 0.778 bits per heavy atom. The van der Waals surface area contributed by atoms with E-state index in [1.807, 2.05) is 105 Å². The number of ether oxygens (including phenoxy) is 1. The molecule has 136 valence electrons. The lowest BCUT2D eigenvalue weighted by molar-refractivity contribution is -0.147. The third kappa shape index (κ3) is 4.95. The van der Waals surface area contributed by atoms with Crippen LogP contribution in [0.2, 0.25) is 0 Å².